The van der Waals surface area contributed by atoms with Gasteiger partial charge in [0, 0.05) is 28.8 Å². The summed E-state index contributed by atoms with van der Waals surface area (Å²) in [6.07, 6.45) is 1.72. The number of pyridine rings is 1. The fourth-order valence-corrected chi connectivity index (χ4v) is 1.37. The molecule has 0 atom stereocenters. The summed E-state index contributed by atoms with van der Waals surface area (Å²) >= 11 is 0. The first-order valence-electron chi connectivity index (χ1n) is 3.07. The van der Waals surface area contributed by atoms with E-state index in [-0.39, 0.29) is 16.3 Å². The summed E-state index contributed by atoms with van der Waals surface area (Å²) < 4.78 is 0. The molecule has 0 radical (unpaired) electrons. The van der Waals surface area contributed by atoms with E-state index in [0.717, 1.165) is 6.07 Å². The molecule has 0 N–H and O–H groups in total. The second kappa shape index (κ2) is 4.20. The molecule has 0 fully saturated rings. The van der Waals surface area contributed by atoms with Crippen LogP contribution in [0.15, 0.2) is 17.3 Å². The first-order valence-corrected chi connectivity index (χ1v) is 4.71. The van der Waals surface area contributed by atoms with Gasteiger partial charge in [-0.15, -0.1) is 0 Å². The van der Waals surface area contributed by atoms with Crippen molar-refractivity contribution in [3.63, 3.8) is 0 Å². The third-order valence-corrected chi connectivity index (χ3v) is 2.16. The lowest BCUT2D eigenvalue weighted by Gasteiger charge is -1.96. The molecule has 0 aromatic carbocycles. The van der Waals surface area contributed by atoms with Crippen molar-refractivity contribution in [3.05, 3.63) is 27.9 Å². The van der Waals surface area contributed by atoms with Crippen LogP contribution in [0.5, 0.6) is 0 Å². The van der Waals surface area contributed by atoms with E-state index < -0.39 is 4.92 Å². The lowest BCUT2D eigenvalue weighted by atomic mass is 10.3. The van der Waals surface area contributed by atoms with E-state index >= 15 is 0 Å². The predicted octanol–water partition coefficient (Wildman–Crippen LogP) is 2.05. The van der Waals surface area contributed by atoms with Gasteiger partial charge in [0.1, 0.15) is 0 Å². The highest BCUT2D eigenvalue weighted by Gasteiger charge is 2.15. The minimum Gasteiger partial charge on any atom is -0.298 e. The smallest absolute Gasteiger partial charge is 0.298 e. The average molecular weight is 219 g/mol. The monoisotopic (exact) mass is 218 g/mol. The third-order valence-electron chi connectivity index (χ3n) is 1.26. The molecule has 1 aromatic heterocycles. The van der Waals surface area contributed by atoms with Crippen molar-refractivity contribution in [1.29, 1.82) is 0 Å². The van der Waals surface area contributed by atoms with Gasteiger partial charge < -0.3 is 0 Å². The second-order valence-corrected chi connectivity index (χ2v) is 3.05. The standard InChI is InChI=1S/C6H3ClN2O3S/c7-13-6-5(9(11)12)1-4(3-10)2-8-6/h1-3H. The molecular formula is C6H3ClN2O3S. The van der Waals surface area contributed by atoms with Crippen LogP contribution in [0.3, 0.4) is 0 Å². The summed E-state index contributed by atoms with van der Waals surface area (Å²) in [4.78, 5) is 23.7. The largest absolute Gasteiger partial charge is 0.303 e. The zero-order valence-corrected chi connectivity index (χ0v) is 7.71. The van der Waals surface area contributed by atoms with Crippen molar-refractivity contribution < 1.29 is 9.72 Å². The Morgan fingerprint density at radius 2 is 2.38 bits per heavy atom. The van der Waals surface area contributed by atoms with Gasteiger partial charge in [-0.25, -0.2) is 4.98 Å². The molecule has 0 unspecified atom stereocenters. The van der Waals surface area contributed by atoms with E-state index in [1.54, 1.807) is 0 Å². The zero-order chi connectivity index (χ0) is 9.84. The lowest BCUT2D eigenvalue weighted by Crippen LogP contribution is -1.94. The Kier molecular flexibility index (Phi) is 3.21. The molecule has 68 valence electrons. The molecule has 0 aliphatic heterocycles. The number of halogens is 1. The van der Waals surface area contributed by atoms with Gasteiger partial charge in [0.25, 0.3) is 0 Å². The third kappa shape index (κ3) is 2.16. The van der Waals surface area contributed by atoms with Gasteiger partial charge in [0.05, 0.1) is 4.92 Å². The SMILES string of the molecule is O=Cc1cnc(SCl)c([N+](=O)[O-])c1. The van der Waals surface area contributed by atoms with Crippen LogP contribution >= 0.6 is 21.7 Å². The number of aromatic nitrogens is 1. The Morgan fingerprint density at radius 3 is 2.85 bits per heavy atom. The maximum atomic E-state index is 10.4. The van der Waals surface area contributed by atoms with E-state index in [1.807, 2.05) is 0 Å². The average Bonchev–Trinajstić information content (AvgIpc) is 2.16. The quantitative estimate of drug-likeness (QED) is 0.441. The molecule has 0 spiro atoms. The van der Waals surface area contributed by atoms with Crippen molar-refractivity contribution in [2.24, 2.45) is 0 Å². The highest BCUT2D eigenvalue weighted by atomic mass is 35.7. The van der Waals surface area contributed by atoms with Crippen LogP contribution in [0.4, 0.5) is 5.69 Å². The first-order chi connectivity index (χ1) is 6.19. The lowest BCUT2D eigenvalue weighted by molar-refractivity contribution is -0.388. The minimum atomic E-state index is -0.634. The summed E-state index contributed by atoms with van der Waals surface area (Å²) in [5.74, 6) is 0. The Bertz CT molecular complexity index is 358. The van der Waals surface area contributed by atoms with E-state index in [9.17, 15) is 14.9 Å². The summed E-state index contributed by atoms with van der Waals surface area (Å²) in [7, 11) is 5.98. The number of hydrogen-bond donors (Lipinski definition) is 0. The number of hydrogen-bond acceptors (Lipinski definition) is 5. The molecule has 7 heteroatoms. The van der Waals surface area contributed by atoms with Crippen LogP contribution in [0, 0.1) is 10.1 Å². The number of nitrogens with zero attached hydrogens (tertiary/aromatic N) is 2. The zero-order valence-electron chi connectivity index (χ0n) is 6.14. The molecule has 0 aliphatic rings. The molecule has 0 aliphatic carbocycles. The molecule has 1 aromatic rings. The van der Waals surface area contributed by atoms with E-state index in [0.29, 0.717) is 17.3 Å². The van der Waals surface area contributed by atoms with Gasteiger partial charge in [-0.2, -0.15) is 0 Å². The van der Waals surface area contributed by atoms with Crippen LogP contribution in [-0.4, -0.2) is 16.2 Å². The van der Waals surface area contributed by atoms with E-state index in [4.69, 9.17) is 10.7 Å². The summed E-state index contributed by atoms with van der Waals surface area (Å²) in [6.45, 7) is 0. The minimum absolute atomic E-state index is 0.0808. The van der Waals surface area contributed by atoms with E-state index in [1.165, 1.54) is 6.20 Å². The van der Waals surface area contributed by atoms with Crippen molar-refractivity contribution in [3.8, 4) is 0 Å². The molecule has 0 amide bonds. The Labute approximate surface area is 81.8 Å². The predicted molar refractivity (Wildman–Crippen MR) is 48.0 cm³/mol. The first kappa shape index (κ1) is 9.94. The van der Waals surface area contributed by atoms with Gasteiger partial charge in [-0.05, 0) is 10.7 Å². The summed E-state index contributed by atoms with van der Waals surface area (Å²) in [5.41, 5.74) is -0.106. The molecule has 0 saturated carbocycles. The fourth-order valence-electron chi connectivity index (χ4n) is 0.711. The Hall–Kier alpha value is -1.14. The highest BCUT2D eigenvalue weighted by Crippen LogP contribution is 2.29. The number of carbonyl (C=O) groups excluding carboxylic acids is 1. The molecule has 0 saturated heterocycles. The van der Waals surface area contributed by atoms with Crippen LogP contribution in [0.1, 0.15) is 10.4 Å². The van der Waals surface area contributed by atoms with Crippen LogP contribution in [0.25, 0.3) is 0 Å². The molecule has 1 heterocycles. The highest BCUT2D eigenvalue weighted by molar-refractivity contribution is 8.21. The van der Waals surface area contributed by atoms with Gasteiger partial charge in [-0.1, -0.05) is 0 Å². The number of aldehydes is 1. The van der Waals surface area contributed by atoms with Gasteiger partial charge >= 0.3 is 5.69 Å². The summed E-state index contributed by atoms with van der Waals surface area (Å²) in [5, 5.41) is 10.5. The molecule has 13 heavy (non-hydrogen) atoms. The topological polar surface area (TPSA) is 73.1 Å². The fraction of sp³-hybridized carbons (Fsp3) is 0. The van der Waals surface area contributed by atoms with Gasteiger partial charge in [0.15, 0.2) is 11.3 Å². The van der Waals surface area contributed by atoms with Crippen LogP contribution < -0.4 is 0 Å². The van der Waals surface area contributed by atoms with Gasteiger partial charge in [0.2, 0.25) is 0 Å². The number of carbonyl (C=O) groups is 1. The maximum Gasteiger partial charge on any atom is 0.303 e. The Morgan fingerprint density at radius 1 is 1.69 bits per heavy atom. The maximum absolute atomic E-state index is 10.4. The molecule has 0 bridgehead atoms. The second-order valence-electron chi connectivity index (χ2n) is 2.05. The van der Waals surface area contributed by atoms with Crippen LogP contribution in [-0.2, 0) is 0 Å². The normalized spacial score (nSPS) is 9.62. The molecular weight excluding hydrogens is 216 g/mol. The number of rotatable bonds is 3. The Balaban J connectivity index is 3.25. The van der Waals surface area contributed by atoms with Crippen molar-refractivity contribution >= 4 is 33.6 Å². The number of nitro groups is 1. The van der Waals surface area contributed by atoms with Crippen molar-refractivity contribution in [2.45, 2.75) is 5.03 Å². The summed E-state index contributed by atoms with van der Waals surface area (Å²) in [6, 6.07) is 1.13. The molecule has 5 nitrogen and oxygen atoms in total. The van der Waals surface area contributed by atoms with Crippen LogP contribution in [0.2, 0.25) is 0 Å². The van der Waals surface area contributed by atoms with Crippen molar-refractivity contribution in [1.82, 2.24) is 4.98 Å². The van der Waals surface area contributed by atoms with E-state index in [2.05, 4.69) is 4.98 Å². The van der Waals surface area contributed by atoms with Crippen molar-refractivity contribution in [2.75, 3.05) is 0 Å². The van der Waals surface area contributed by atoms with Gasteiger partial charge in [-0.3, -0.25) is 14.9 Å². The molecule has 1 rings (SSSR count).